The van der Waals surface area contributed by atoms with E-state index in [2.05, 4.69) is 49.1 Å². The summed E-state index contributed by atoms with van der Waals surface area (Å²) in [6.45, 7) is 6.45. The van der Waals surface area contributed by atoms with Crippen LogP contribution in [0.5, 0.6) is 0 Å². The molecule has 2 aliphatic heterocycles. The zero-order valence-corrected chi connectivity index (χ0v) is 24.1. The first-order valence-corrected chi connectivity index (χ1v) is 15.6. The van der Waals surface area contributed by atoms with E-state index in [0.717, 1.165) is 33.7 Å². The number of fused-ring (bicyclic) bond motifs is 3. The van der Waals surface area contributed by atoms with E-state index < -0.39 is 0 Å². The lowest BCUT2D eigenvalue weighted by atomic mass is 9.84. The van der Waals surface area contributed by atoms with Gasteiger partial charge in [-0.15, -0.1) is 17.9 Å². The molecule has 1 unspecified atom stereocenters. The number of allylic oxidation sites excluding steroid dienone is 1. The highest BCUT2D eigenvalue weighted by molar-refractivity contribution is 7.17. The second kappa shape index (κ2) is 11.6. The third kappa shape index (κ3) is 4.96. The van der Waals surface area contributed by atoms with Crippen molar-refractivity contribution < 1.29 is 9.59 Å². The SMILES string of the molecule is C=CCN(C(=O)c1ccc(-c2ccc(C3CCCCC3)cc2)s1)C1C[C@@H](/C=C/C)N2C(=O)c3ccccc3[C@@H]2C1. The average molecular weight is 551 g/mol. The number of benzene rings is 2. The van der Waals surface area contributed by atoms with Crippen LogP contribution in [0.2, 0.25) is 0 Å². The van der Waals surface area contributed by atoms with Gasteiger partial charge in [0.05, 0.1) is 17.0 Å². The molecule has 3 aliphatic rings. The summed E-state index contributed by atoms with van der Waals surface area (Å²) in [4.78, 5) is 33.2. The van der Waals surface area contributed by atoms with Crippen LogP contribution in [0.25, 0.3) is 10.4 Å². The monoisotopic (exact) mass is 550 g/mol. The molecular formula is C35H38N2O2S. The standard InChI is InChI=1S/C35H38N2O2S/c1-3-10-27-22-28(23-31-29-13-8-9-14-30(29)34(38)37(27)31)36(21-4-2)35(39)33-20-19-32(40-33)26-17-15-25(16-18-26)24-11-6-5-7-12-24/h3-4,8-10,13-20,24,27-28,31H,2,5-7,11-12,21-23H2,1H3/b10-3+/t27-,28?,31+/m1/s1. The van der Waals surface area contributed by atoms with Gasteiger partial charge in [0, 0.05) is 23.0 Å². The highest BCUT2D eigenvalue weighted by atomic mass is 32.1. The van der Waals surface area contributed by atoms with E-state index in [9.17, 15) is 9.59 Å². The first-order valence-electron chi connectivity index (χ1n) is 14.8. The van der Waals surface area contributed by atoms with Crippen molar-refractivity contribution in [2.24, 2.45) is 0 Å². The predicted octanol–water partition coefficient (Wildman–Crippen LogP) is 8.40. The second-order valence-corrected chi connectivity index (χ2v) is 12.5. The van der Waals surface area contributed by atoms with Gasteiger partial charge in [-0.1, -0.05) is 80.0 Å². The number of rotatable bonds is 7. The summed E-state index contributed by atoms with van der Waals surface area (Å²) in [6.07, 6.45) is 14.0. The molecule has 1 aromatic heterocycles. The number of hydrogen-bond acceptors (Lipinski definition) is 3. The van der Waals surface area contributed by atoms with Crippen molar-refractivity contribution in [3.63, 3.8) is 0 Å². The van der Waals surface area contributed by atoms with Crippen LogP contribution in [0.4, 0.5) is 0 Å². The highest BCUT2D eigenvalue weighted by Gasteiger charge is 2.46. The molecule has 0 bridgehead atoms. The minimum Gasteiger partial charge on any atom is -0.331 e. The lowest BCUT2D eigenvalue weighted by molar-refractivity contribution is 0.0350. The molecule has 1 saturated carbocycles. The summed E-state index contributed by atoms with van der Waals surface area (Å²) in [5.74, 6) is 0.835. The minimum atomic E-state index is -0.0460. The Bertz CT molecular complexity index is 1420. The smallest absolute Gasteiger partial charge is 0.264 e. The average Bonchev–Trinajstić information content (AvgIpc) is 3.60. The molecule has 1 aliphatic carbocycles. The number of piperidine rings is 1. The summed E-state index contributed by atoms with van der Waals surface area (Å²) in [7, 11) is 0. The number of amides is 2. The molecule has 3 aromatic rings. The molecule has 2 amide bonds. The molecule has 3 heterocycles. The third-order valence-corrected chi connectivity index (χ3v) is 10.1. The van der Waals surface area contributed by atoms with Crippen molar-refractivity contribution in [1.82, 2.24) is 9.80 Å². The van der Waals surface area contributed by atoms with E-state index in [0.29, 0.717) is 12.5 Å². The van der Waals surface area contributed by atoms with Crippen molar-refractivity contribution in [2.45, 2.75) is 75.9 Å². The van der Waals surface area contributed by atoms with Crippen LogP contribution in [0.15, 0.2) is 85.5 Å². The van der Waals surface area contributed by atoms with Gasteiger partial charge < -0.3 is 9.80 Å². The number of carbonyl (C=O) groups is 2. The number of carbonyl (C=O) groups excluding carboxylic acids is 2. The molecule has 6 rings (SSSR count). The van der Waals surface area contributed by atoms with Gasteiger partial charge >= 0.3 is 0 Å². The Kier molecular flexibility index (Phi) is 7.75. The third-order valence-electron chi connectivity index (χ3n) is 9.02. The van der Waals surface area contributed by atoms with Gasteiger partial charge in [0.15, 0.2) is 0 Å². The van der Waals surface area contributed by atoms with Crippen LogP contribution in [0.1, 0.15) is 95.0 Å². The Labute approximate surface area is 242 Å². The Morgan fingerprint density at radius 1 is 1.02 bits per heavy atom. The van der Waals surface area contributed by atoms with Gasteiger partial charge in [-0.05, 0) is 73.4 Å². The van der Waals surface area contributed by atoms with E-state index in [1.165, 1.54) is 43.2 Å². The van der Waals surface area contributed by atoms with Gasteiger partial charge in [-0.3, -0.25) is 9.59 Å². The molecule has 1 saturated heterocycles. The van der Waals surface area contributed by atoms with Crippen molar-refractivity contribution >= 4 is 23.2 Å². The zero-order valence-electron chi connectivity index (χ0n) is 23.3. The number of thiophene rings is 1. The van der Waals surface area contributed by atoms with Crippen LogP contribution in [0.3, 0.4) is 0 Å². The predicted molar refractivity (Wildman–Crippen MR) is 164 cm³/mol. The fraction of sp³-hybridized carbons (Fsp3) is 0.371. The van der Waals surface area contributed by atoms with E-state index in [1.54, 1.807) is 11.3 Å². The van der Waals surface area contributed by atoms with Crippen LogP contribution in [-0.2, 0) is 0 Å². The Balaban J connectivity index is 1.23. The fourth-order valence-corrected chi connectivity index (χ4v) is 8.04. The van der Waals surface area contributed by atoms with Crippen molar-refractivity contribution in [1.29, 1.82) is 0 Å². The minimum absolute atomic E-state index is 0.00670. The van der Waals surface area contributed by atoms with Crippen LogP contribution >= 0.6 is 11.3 Å². The van der Waals surface area contributed by atoms with E-state index in [1.807, 2.05) is 53.1 Å². The maximum atomic E-state index is 14.0. The van der Waals surface area contributed by atoms with Crippen LogP contribution in [-0.4, -0.2) is 40.2 Å². The first-order chi connectivity index (χ1) is 19.6. The molecule has 2 aromatic carbocycles. The van der Waals surface area contributed by atoms with Gasteiger partial charge in [0.1, 0.15) is 0 Å². The van der Waals surface area contributed by atoms with Gasteiger partial charge in [0.2, 0.25) is 0 Å². The fourth-order valence-electron chi connectivity index (χ4n) is 7.07. The lowest BCUT2D eigenvalue weighted by Crippen LogP contribution is -2.51. The quantitative estimate of drug-likeness (QED) is 0.277. The van der Waals surface area contributed by atoms with Crippen LogP contribution in [0, 0.1) is 0 Å². The maximum Gasteiger partial charge on any atom is 0.264 e. The van der Waals surface area contributed by atoms with Crippen LogP contribution < -0.4 is 0 Å². The molecule has 0 radical (unpaired) electrons. The van der Waals surface area contributed by atoms with Crippen molar-refractivity contribution in [3.05, 3.63) is 107 Å². The van der Waals surface area contributed by atoms with E-state index >= 15 is 0 Å². The van der Waals surface area contributed by atoms with Crippen molar-refractivity contribution in [2.75, 3.05) is 6.54 Å². The highest BCUT2D eigenvalue weighted by Crippen LogP contribution is 2.44. The van der Waals surface area contributed by atoms with Crippen molar-refractivity contribution in [3.8, 4) is 10.4 Å². The Hall–Kier alpha value is -3.44. The second-order valence-electron chi connectivity index (χ2n) is 11.4. The van der Waals surface area contributed by atoms with Gasteiger partial charge in [0.25, 0.3) is 11.8 Å². The summed E-state index contributed by atoms with van der Waals surface area (Å²) in [5, 5.41) is 0. The molecule has 0 spiro atoms. The summed E-state index contributed by atoms with van der Waals surface area (Å²) in [5.41, 5.74) is 4.48. The zero-order chi connectivity index (χ0) is 27.6. The molecule has 4 nitrogen and oxygen atoms in total. The molecule has 40 heavy (non-hydrogen) atoms. The summed E-state index contributed by atoms with van der Waals surface area (Å²) >= 11 is 1.57. The summed E-state index contributed by atoms with van der Waals surface area (Å²) < 4.78 is 0. The molecule has 206 valence electrons. The number of nitrogens with zero attached hydrogens (tertiary/aromatic N) is 2. The molecule has 2 fully saturated rings. The largest absolute Gasteiger partial charge is 0.331 e. The Morgan fingerprint density at radius 3 is 2.55 bits per heavy atom. The lowest BCUT2D eigenvalue weighted by Gasteiger charge is -2.44. The molecule has 3 atom stereocenters. The molecule has 5 heteroatoms. The molecular weight excluding hydrogens is 512 g/mol. The topological polar surface area (TPSA) is 40.6 Å². The van der Waals surface area contributed by atoms with Gasteiger partial charge in [-0.2, -0.15) is 0 Å². The Morgan fingerprint density at radius 2 is 1.80 bits per heavy atom. The first kappa shape index (κ1) is 26.8. The summed E-state index contributed by atoms with van der Waals surface area (Å²) in [6, 6.07) is 20.9. The number of hydrogen-bond donors (Lipinski definition) is 0. The van der Waals surface area contributed by atoms with E-state index in [-0.39, 0.29) is 29.9 Å². The normalized spacial score (nSPS) is 22.8. The molecule has 0 N–H and O–H groups in total. The van der Waals surface area contributed by atoms with Gasteiger partial charge in [-0.25, -0.2) is 0 Å². The van der Waals surface area contributed by atoms with E-state index in [4.69, 9.17) is 0 Å². The maximum absolute atomic E-state index is 14.0.